The smallest absolute Gasteiger partial charge is 0.338 e. The van der Waals surface area contributed by atoms with Crippen molar-refractivity contribution in [3.8, 4) is 0 Å². The van der Waals surface area contributed by atoms with Gasteiger partial charge >= 0.3 is 5.97 Å². The fourth-order valence-corrected chi connectivity index (χ4v) is 3.46. The van der Waals surface area contributed by atoms with Crippen molar-refractivity contribution in [3.05, 3.63) is 68.7 Å². The maximum Gasteiger partial charge on any atom is 0.338 e. The molecule has 0 heterocycles. The van der Waals surface area contributed by atoms with Gasteiger partial charge in [0.15, 0.2) is 0 Å². The summed E-state index contributed by atoms with van der Waals surface area (Å²) in [6.07, 6.45) is 0. The summed E-state index contributed by atoms with van der Waals surface area (Å²) in [5, 5.41) is 10.9. The van der Waals surface area contributed by atoms with Crippen molar-refractivity contribution in [1.29, 1.82) is 0 Å². The van der Waals surface area contributed by atoms with Crippen LogP contribution < -0.4 is 0 Å². The zero-order valence-corrected chi connectivity index (χ0v) is 15.5. The molecular formula is C16H15ClN2O6S. The van der Waals surface area contributed by atoms with Crippen LogP contribution in [0.4, 0.5) is 5.69 Å². The molecule has 2 rings (SSSR count). The molecule has 0 atom stereocenters. The Labute approximate surface area is 155 Å². The molecule has 0 aliphatic rings. The molecule has 138 valence electrons. The maximum atomic E-state index is 12.2. The van der Waals surface area contributed by atoms with Crippen LogP contribution in [-0.4, -0.2) is 37.7 Å². The Morgan fingerprint density at radius 2 is 1.88 bits per heavy atom. The van der Waals surface area contributed by atoms with Crippen LogP contribution >= 0.6 is 11.6 Å². The van der Waals surface area contributed by atoms with Gasteiger partial charge in [-0.05, 0) is 24.3 Å². The molecule has 8 nitrogen and oxygen atoms in total. The van der Waals surface area contributed by atoms with E-state index in [1.165, 1.54) is 44.4 Å². The van der Waals surface area contributed by atoms with Crippen molar-refractivity contribution < 1.29 is 22.9 Å². The molecule has 0 fully saturated rings. The van der Waals surface area contributed by atoms with Crippen LogP contribution in [0.1, 0.15) is 15.9 Å². The number of carbonyl (C=O) groups is 1. The van der Waals surface area contributed by atoms with E-state index in [-0.39, 0.29) is 33.3 Å². The highest BCUT2D eigenvalue weighted by atomic mass is 35.5. The average molecular weight is 399 g/mol. The Morgan fingerprint density at radius 1 is 1.23 bits per heavy atom. The number of sulfonamides is 1. The van der Waals surface area contributed by atoms with E-state index >= 15 is 0 Å². The Morgan fingerprint density at radius 3 is 2.50 bits per heavy atom. The summed E-state index contributed by atoms with van der Waals surface area (Å²) in [5.74, 6) is -0.824. The minimum atomic E-state index is -3.84. The fraction of sp³-hybridized carbons (Fsp3) is 0.188. The first-order valence-electron chi connectivity index (χ1n) is 7.26. The number of ether oxygens (including phenoxy) is 1. The number of carbonyl (C=O) groups excluding carboxylic acids is 1. The van der Waals surface area contributed by atoms with E-state index in [1.54, 1.807) is 6.07 Å². The van der Waals surface area contributed by atoms with Crippen LogP contribution in [0.15, 0.2) is 47.4 Å². The first-order chi connectivity index (χ1) is 12.1. The van der Waals surface area contributed by atoms with Crippen LogP contribution in [0.2, 0.25) is 5.02 Å². The second-order valence-electron chi connectivity index (χ2n) is 5.39. The molecule has 0 spiro atoms. The summed E-state index contributed by atoms with van der Waals surface area (Å²) in [6, 6.07) is 9.56. The van der Waals surface area contributed by atoms with Crippen LogP contribution in [0.5, 0.6) is 0 Å². The number of hydrogen-bond acceptors (Lipinski definition) is 6. The molecule has 0 saturated heterocycles. The summed E-state index contributed by atoms with van der Waals surface area (Å²) in [6.45, 7) is -0.325. The molecule has 0 bridgehead atoms. The summed E-state index contributed by atoms with van der Waals surface area (Å²) >= 11 is 5.93. The van der Waals surface area contributed by atoms with E-state index in [0.717, 1.165) is 10.4 Å². The van der Waals surface area contributed by atoms with Gasteiger partial charge < -0.3 is 4.74 Å². The SMILES string of the molecule is CN(C)S(=O)(=O)c1cc(C(=O)OCc2ccccc2[N+](=O)[O-])ccc1Cl. The van der Waals surface area contributed by atoms with Crippen molar-refractivity contribution in [3.63, 3.8) is 0 Å². The molecule has 0 saturated carbocycles. The molecule has 0 unspecified atom stereocenters. The standard InChI is InChI=1S/C16H15ClN2O6S/c1-18(2)26(23,24)15-9-11(7-8-13(15)17)16(20)25-10-12-5-3-4-6-14(12)19(21)22/h3-9H,10H2,1-2H3. The number of rotatable bonds is 6. The average Bonchev–Trinajstić information content (AvgIpc) is 2.59. The number of halogens is 1. The lowest BCUT2D eigenvalue weighted by Crippen LogP contribution is -2.23. The Bertz CT molecular complexity index is 959. The summed E-state index contributed by atoms with van der Waals surface area (Å²) in [4.78, 5) is 22.4. The van der Waals surface area contributed by atoms with Gasteiger partial charge in [-0.2, -0.15) is 0 Å². The zero-order valence-electron chi connectivity index (χ0n) is 13.9. The van der Waals surface area contributed by atoms with Crippen LogP contribution in [0.25, 0.3) is 0 Å². The summed E-state index contributed by atoms with van der Waals surface area (Å²) < 4.78 is 30.5. The molecule has 2 aromatic rings. The quantitative estimate of drug-likeness (QED) is 0.420. The molecule has 0 aliphatic carbocycles. The summed E-state index contributed by atoms with van der Waals surface area (Å²) in [7, 11) is -1.17. The Balaban J connectivity index is 2.25. The van der Waals surface area contributed by atoms with E-state index in [9.17, 15) is 23.3 Å². The normalized spacial score (nSPS) is 11.4. The van der Waals surface area contributed by atoms with Gasteiger partial charge in [-0.25, -0.2) is 17.5 Å². The van der Waals surface area contributed by atoms with Crippen molar-refractivity contribution in [1.82, 2.24) is 4.31 Å². The fourth-order valence-electron chi connectivity index (χ4n) is 2.06. The number of para-hydroxylation sites is 1. The number of benzene rings is 2. The van der Waals surface area contributed by atoms with E-state index in [4.69, 9.17) is 16.3 Å². The van der Waals surface area contributed by atoms with Gasteiger partial charge in [0.25, 0.3) is 5.69 Å². The third-order valence-corrected chi connectivity index (χ3v) is 5.77. The molecule has 0 aromatic heterocycles. The molecule has 0 aliphatic heterocycles. The monoisotopic (exact) mass is 398 g/mol. The first kappa shape index (κ1) is 19.8. The zero-order chi connectivity index (χ0) is 19.5. The van der Waals surface area contributed by atoms with E-state index in [2.05, 4.69) is 0 Å². The number of nitrogens with zero attached hydrogens (tertiary/aromatic N) is 2. The van der Waals surface area contributed by atoms with Crippen molar-refractivity contribution >= 4 is 33.3 Å². The molecule has 26 heavy (non-hydrogen) atoms. The van der Waals surface area contributed by atoms with Gasteiger partial charge in [0.1, 0.15) is 11.5 Å². The molecular weight excluding hydrogens is 384 g/mol. The maximum absolute atomic E-state index is 12.2. The lowest BCUT2D eigenvalue weighted by Gasteiger charge is -2.13. The predicted octanol–water partition coefficient (Wildman–Crippen LogP) is 2.86. The van der Waals surface area contributed by atoms with Gasteiger partial charge in [0.2, 0.25) is 10.0 Å². The van der Waals surface area contributed by atoms with E-state index in [0.29, 0.717) is 0 Å². The number of hydrogen-bond donors (Lipinski definition) is 0. The molecule has 0 N–H and O–H groups in total. The van der Waals surface area contributed by atoms with Crippen molar-refractivity contribution in [2.75, 3.05) is 14.1 Å². The topological polar surface area (TPSA) is 107 Å². The number of esters is 1. The number of nitro benzene ring substituents is 1. The number of nitro groups is 1. The summed E-state index contributed by atoms with van der Waals surface area (Å²) in [5.41, 5.74) is 0.0154. The van der Waals surface area contributed by atoms with Gasteiger partial charge in [-0.3, -0.25) is 10.1 Å². The third-order valence-electron chi connectivity index (χ3n) is 3.47. The molecule has 0 amide bonds. The highest BCUT2D eigenvalue weighted by Crippen LogP contribution is 2.25. The minimum Gasteiger partial charge on any atom is -0.457 e. The lowest BCUT2D eigenvalue weighted by molar-refractivity contribution is -0.385. The minimum absolute atomic E-state index is 0.0334. The van der Waals surface area contributed by atoms with Gasteiger partial charge in [0.05, 0.1) is 21.1 Å². The third kappa shape index (κ3) is 4.18. The largest absolute Gasteiger partial charge is 0.457 e. The molecule has 2 aromatic carbocycles. The van der Waals surface area contributed by atoms with Crippen LogP contribution in [0, 0.1) is 10.1 Å². The Hall–Kier alpha value is -2.49. The van der Waals surface area contributed by atoms with Gasteiger partial charge in [0, 0.05) is 20.2 Å². The Kier molecular flexibility index (Phi) is 5.96. The molecule has 10 heteroatoms. The van der Waals surface area contributed by atoms with Crippen LogP contribution in [-0.2, 0) is 21.4 Å². The highest BCUT2D eigenvalue weighted by molar-refractivity contribution is 7.89. The molecule has 0 radical (unpaired) electrons. The lowest BCUT2D eigenvalue weighted by atomic mass is 10.2. The van der Waals surface area contributed by atoms with Crippen molar-refractivity contribution in [2.24, 2.45) is 0 Å². The van der Waals surface area contributed by atoms with Gasteiger partial charge in [-0.1, -0.05) is 23.7 Å². The predicted molar refractivity (Wildman–Crippen MR) is 94.5 cm³/mol. The van der Waals surface area contributed by atoms with E-state index < -0.39 is 20.9 Å². The van der Waals surface area contributed by atoms with Crippen LogP contribution in [0.3, 0.4) is 0 Å². The van der Waals surface area contributed by atoms with Gasteiger partial charge in [-0.15, -0.1) is 0 Å². The second kappa shape index (κ2) is 7.81. The van der Waals surface area contributed by atoms with Crippen molar-refractivity contribution in [2.45, 2.75) is 11.5 Å². The first-order valence-corrected chi connectivity index (χ1v) is 9.08. The second-order valence-corrected chi connectivity index (χ2v) is 7.92. The van der Waals surface area contributed by atoms with E-state index in [1.807, 2.05) is 0 Å². The highest BCUT2D eigenvalue weighted by Gasteiger charge is 2.23.